The summed E-state index contributed by atoms with van der Waals surface area (Å²) in [6, 6.07) is 10.5. The lowest BCUT2D eigenvalue weighted by Crippen LogP contribution is -2.17. The largest absolute Gasteiger partial charge is 0.322 e. The molecule has 3 aromatic heterocycles. The SMILES string of the molecule is Cc1ccc(NC(=O)c2c[nH]n3c(=O)cc(-c4ccn[nH]4)nc23)cc1. The Hall–Kier alpha value is -3.68. The van der Waals surface area contributed by atoms with Gasteiger partial charge in [-0.15, -0.1) is 0 Å². The van der Waals surface area contributed by atoms with Crippen LogP contribution in [0.1, 0.15) is 15.9 Å². The molecule has 0 spiro atoms. The minimum Gasteiger partial charge on any atom is -0.322 e. The van der Waals surface area contributed by atoms with Crippen molar-refractivity contribution in [1.82, 2.24) is 24.8 Å². The van der Waals surface area contributed by atoms with Crippen LogP contribution in [0, 0.1) is 6.92 Å². The number of aromatic amines is 2. The van der Waals surface area contributed by atoms with Crippen LogP contribution in [-0.4, -0.2) is 30.7 Å². The molecule has 0 fully saturated rings. The summed E-state index contributed by atoms with van der Waals surface area (Å²) in [5.41, 5.74) is 3.01. The summed E-state index contributed by atoms with van der Waals surface area (Å²) in [5.74, 6) is -0.351. The van der Waals surface area contributed by atoms with Crippen LogP contribution in [0.3, 0.4) is 0 Å². The molecule has 1 amide bonds. The molecule has 0 aliphatic heterocycles. The van der Waals surface area contributed by atoms with Crippen molar-refractivity contribution in [3.63, 3.8) is 0 Å². The van der Waals surface area contributed by atoms with Crippen molar-refractivity contribution in [3.8, 4) is 11.4 Å². The Labute approximate surface area is 141 Å². The number of hydrogen-bond donors (Lipinski definition) is 3. The molecule has 0 saturated heterocycles. The molecule has 4 aromatic rings. The molecule has 0 radical (unpaired) electrons. The van der Waals surface area contributed by atoms with Gasteiger partial charge in [-0.2, -0.15) is 5.10 Å². The van der Waals surface area contributed by atoms with Gasteiger partial charge in [0.05, 0.1) is 11.4 Å². The van der Waals surface area contributed by atoms with Gasteiger partial charge in [0.2, 0.25) is 0 Å². The standard InChI is InChI=1S/C17H14N6O2/c1-10-2-4-11(5-3-10)20-17(25)12-9-19-23-15(24)8-14(21-16(12)23)13-6-7-18-22-13/h2-9,19H,1H3,(H,18,22)(H,20,25). The Bertz CT molecular complexity index is 1110. The van der Waals surface area contributed by atoms with E-state index in [9.17, 15) is 9.59 Å². The van der Waals surface area contributed by atoms with Gasteiger partial charge in [-0.3, -0.25) is 19.8 Å². The Balaban J connectivity index is 1.75. The van der Waals surface area contributed by atoms with Crippen LogP contribution in [0.15, 0.2) is 53.6 Å². The van der Waals surface area contributed by atoms with E-state index in [4.69, 9.17) is 0 Å². The summed E-state index contributed by atoms with van der Waals surface area (Å²) in [6.07, 6.45) is 3.03. The van der Waals surface area contributed by atoms with Crippen molar-refractivity contribution in [2.45, 2.75) is 6.92 Å². The first kappa shape index (κ1) is 14.9. The second kappa shape index (κ2) is 5.75. The number of anilines is 1. The van der Waals surface area contributed by atoms with Gasteiger partial charge in [0.1, 0.15) is 5.56 Å². The molecule has 4 rings (SSSR count). The van der Waals surface area contributed by atoms with Gasteiger partial charge in [0, 0.05) is 24.1 Å². The molecule has 25 heavy (non-hydrogen) atoms. The molecule has 0 bridgehead atoms. The molecule has 0 atom stereocenters. The third kappa shape index (κ3) is 2.69. The number of hydrogen-bond acceptors (Lipinski definition) is 4. The average Bonchev–Trinajstić information content (AvgIpc) is 3.26. The first-order valence-corrected chi connectivity index (χ1v) is 7.61. The van der Waals surface area contributed by atoms with E-state index in [-0.39, 0.29) is 22.7 Å². The number of carbonyl (C=O) groups is 1. The third-order valence-electron chi connectivity index (χ3n) is 3.83. The summed E-state index contributed by atoms with van der Waals surface area (Å²) >= 11 is 0. The number of fused-ring (bicyclic) bond motifs is 1. The lowest BCUT2D eigenvalue weighted by atomic mass is 10.2. The number of amides is 1. The van der Waals surface area contributed by atoms with Gasteiger partial charge in [0.25, 0.3) is 11.5 Å². The molecule has 3 N–H and O–H groups in total. The molecular formula is C17H14N6O2. The van der Waals surface area contributed by atoms with Crippen molar-refractivity contribution in [1.29, 1.82) is 0 Å². The molecule has 124 valence electrons. The Morgan fingerprint density at radius 2 is 2.00 bits per heavy atom. The van der Waals surface area contributed by atoms with Crippen LogP contribution in [0.25, 0.3) is 17.0 Å². The number of nitrogens with zero attached hydrogens (tertiary/aromatic N) is 3. The average molecular weight is 334 g/mol. The van der Waals surface area contributed by atoms with Crippen LogP contribution >= 0.6 is 0 Å². The second-order valence-corrected chi connectivity index (χ2v) is 5.62. The maximum Gasteiger partial charge on any atom is 0.273 e. The Morgan fingerprint density at radius 3 is 2.72 bits per heavy atom. The first-order valence-electron chi connectivity index (χ1n) is 7.61. The first-order chi connectivity index (χ1) is 12.1. The maximum absolute atomic E-state index is 12.6. The molecule has 8 heteroatoms. The fourth-order valence-corrected chi connectivity index (χ4v) is 2.52. The predicted molar refractivity (Wildman–Crippen MR) is 92.5 cm³/mol. The summed E-state index contributed by atoms with van der Waals surface area (Å²) < 4.78 is 1.23. The lowest BCUT2D eigenvalue weighted by molar-refractivity contribution is 0.102. The lowest BCUT2D eigenvalue weighted by Gasteiger charge is -2.04. The van der Waals surface area contributed by atoms with E-state index in [0.29, 0.717) is 17.1 Å². The van der Waals surface area contributed by atoms with Crippen molar-refractivity contribution < 1.29 is 4.79 Å². The Kier molecular flexibility index (Phi) is 3.42. The van der Waals surface area contributed by atoms with Crippen molar-refractivity contribution in [3.05, 3.63) is 70.3 Å². The minimum absolute atomic E-state index is 0.252. The molecule has 0 unspecified atom stereocenters. The summed E-state index contributed by atoms with van der Waals surface area (Å²) in [4.78, 5) is 29.2. The van der Waals surface area contributed by atoms with E-state index in [0.717, 1.165) is 5.56 Å². The van der Waals surface area contributed by atoms with Crippen molar-refractivity contribution in [2.75, 3.05) is 5.32 Å². The number of benzene rings is 1. The number of nitrogens with one attached hydrogen (secondary N) is 3. The van der Waals surface area contributed by atoms with Gasteiger partial charge in [-0.05, 0) is 25.1 Å². The van der Waals surface area contributed by atoms with Gasteiger partial charge >= 0.3 is 0 Å². The maximum atomic E-state index is 12.6. The zero-order chi connectivity index (χ0) is 17.4. The van der Waals surface area contributed by atoms with Crippen molar-refractivity contribution in [2.24, 2.45) is 0 Å². The fourth-order valence-electron chi connectivity index (χ4n) is 2.52. The molecule has 0 saturated carbocycles. The zero-order valence-corrected chi connectivity index (χ0v) is 13.3. The smallest absolute Gasteiger partial charge is 0.273 e. The number of H-pyrrole nitrogens is 2. The highest BCUT2D eigenvalue weighted by Crippen LogP contribution is 2.16. The monoisotopic (exact) mass is 334 g/mol. The van der Waals surface area contributed by atoms with E-state index in [1.807, 2.05) is 31.2 Å². The van der Waals surface area contributed by atoms with Gasteiger partial charge in [-0.25, -0.2) is 9.50 Å². The van der Waals surface area contributed by atoms with Gasteiger partial charge in [0.15, 0.2) is 5.65 Å². The van der Waals surface area contributed by atoms with Crippen LogP contribution in [0.5, 0.6) is 0 Å². The fraction of sp³-hybridized carbons (Fsp3) is 0.0588. The van der Waals surface area contributed by atoms with E-state index in [1.165, 1.54) is 16.8 Å². The van der Waals surface area contributed by atoms with Crippen LogP contribution in [-0.2, 0) is 0 Å². The van der Waals surface area contributed by atoms with Crippen LogP contribution in [0.4, 0.5) is 5.69 Å². The summed E-state index contributed by atoms with van der Waals surface area (Å²) in [7, 11) is 0. The second-order valence-electron chi connectivity index (χ2n) is 5.62. The predicted octanol–water partition coefficient (Wildman–Crippen LogP) is 1.97. The highest BCUT2D eigenvalue weighted by molar-refractivity contribution is 6.08. The van der Waals surface area contributed by atoms with Gasteiger partial charge in [-0.1, -0.05) is 17.7 Å². The van der Waals surface area contributed by atoms with E-state index in [2.05, 4.69) is 25.6 Å². The third-order valence-corrected chi connectivity index (χ3v) is 3.83. The van der Waals surface area contributed by atoms with Crippen LogP contribution < -0.4 is 10.9 Å². The van der Waals surface area contributed by atoms with E-state index in [1.54, 1.807) is 12.3 Å². The quantitative estimate of drug-likeness (QED) is 0.532. The number of aryl methyl sites for hydroxylation is 1. The van der Waals surface area contributed by atoms with E-state index >= 15 is 0 Å². The van der Waals surface area contributed by atoms with E-state index < -0.39 is 0 Å². The molecular weight excluding hydrogens is 320 g/mol. The summed E-state index contributed by atoms with van der Waals surface area (Å²) in [6.45, 7) is 1.97. The molecule has 0 aliphatic rings. The van der Waals surface area contributed by atoms with Crippen LogP contribution in [0.2, 0.25) is 0 Å². The number of aromatic nitrogens is 5. The molecule has 8 nitrogen and oxygen atoms in total. The summed E-state index contributed by atoms with van der Waals surface area (Å²) in [5, 5.41) is 12.2. The minimum atomic E-state index is -0.351. The molecule has 1 aromatic carbocycles. The normalized spacial score (nSPS) is 10.9. The Morgan fingerprint density at radius 1 is 1.20 bits per heavy atom. The number of carbonyl (C=O) groups excluding carboxylic acids is 1. The topological polar surface area (TPSA) is 108 Å². The molecule has 3 heterocycles. The highest BCUT2D eigenvalue weighted by Gasteiger charge is 2.16. The van der Waals surface area contributed by atoms with Gasteiger partial charge < -0.3 is 5.32 Å². The zero-order valence-electron chi connectivity index (χ0n) is 13.3. The number of rotatable bonds is 3. The van der Waals surface area contributed by atoms with Crippen molar-refractivity contribution >= 4 is 17.2 Å². The molecule has 0 aliphatic carbocycles. The highest BCUT2D eigenvalue weighted by atomic mass is 16.2.